The van der Waals surface area contributed by atoms with Gasteiger partial charge in [-0.05, 0) is 84.9 Å². The molecule has 9 rings (SSSR count). The Morgan fingerprint density at radius 3 is 1.52 bits per heavy atom. The van der Waals surface area contributed by atoms with Gasteiger partial charge in [0.25, 0.3) is 0 Å². The van der Waals surface area contributed by atoms with E-state index in [1.54, 1.807) is 32.7 Å². The van der Waals surface area contributed by atoms with Crippen LogP contribution in [0.1, 0.15) is 107 Å². The van der Waals surface area contributed by atoms with Crippen molar-refractivity contribution in [1.29, 1.82) is 10.8 Å². The van der Waals surface area contributed by atoms with Gasteiger partial charge in [-0.3, -0.25) is 20.6 Å². The average molecular weight is 1040 g/mol. The first-order chi connectivity index (χ1) is 37.3. The van der Waals surface area contributed by atoms with Gasteiger partial charge in [-0.2, -0.15) is 0 Å². The molecule has 2 atom stereocenters. The number of nitrogens with two attached hydrogens (primary N) is 2. The summed E-state index contributed by atoms with van der Waals surface area (Å²) in [6, 6.07) is 53.7. The second-order valence-corrected chi connectivity index (χ2v) is 19.6. The summed E-state index contributed by atoms with van der Waals surface area (Å²) in [6.45, 7) is 3.24. The van der Waals surface area contributed by atoms with Gasteiger partial charge in [0.15, 0.2) is 0 Å². The lowest BCUT2D eigenvalue weighted by Gasteiger charge is -2.43. The molecule has 0 radical (unpaired) electrons. The van der Waals surface area contributed by atoms with Gasteiger partial charge in [-0.1, -0.05) is 152 Å². The number of aliphatic hydroxyl groups is 2. The minimum atomic E-state index is -0.793. The highest BCUT2D eigenvalue weighted by molar-refractivity contribution is 5.98. The Balaban J connectivity index is 0.000000183. The van der Waals surface area contributed by atoms with Gasteiger partial charge in [0.2, 0.25) is 11.8 Å². The number of anilines is 2. The van der Waals surface area contributed by atoms with E-state index in [-0.39, 0.29) is 42.6 Å². The third kappa shape index (κ3) is 14.7. The van der Waals surface area contributed by atoms with E-state index in [0.717, 1.165) is 71.9 Å². The highest BCUT2D eigenvalue weighted by atomic mass is 16.5. The van der Waals surface area contributed by atoms with Gasteiger partial charge in [0.1, 0.15) is 30.4 Å². The van der Waals surface area contributed by atoms with Gasteiger partial charge >= 0.3 is 0 Å². The quantitative estimate of drug-likeness (QED) is 0.0154. The zero-order chi connectivity index (χ0) is 54.7. The molecule has 0 amide bonds. The van der Waals surface area contributed by atoms with Crippen LogP contribution in [0.4, 0.5) is 11.5 Å². The van der Waals surface area contributed by atoms with Crippen LogP contribution >= 0.6 is 0 Å². The molecule has 2 aliphatic carbocycles. The number of hydrogen-bond acceptors (Lipinski definition) is 14. The fourth-order valence-corrected chi connectivity index (χ4v) is 9.81. The van der Waals surface area contributed by atoms with Gasteiger partial charge in [0, 0.05) is 57.1 Å². The van der Waals surface area contributed by atoms with Crippen LogP contribution in [0.3, 0.4) is 0 Å². The fourth-order valence-electron chi connectivity index (χ4n) is 9.81. The van der Waals surface area contributed by atoms with Crippen LogP contribution < -0.4 is 16.8 Å². The number of pyridine rings is 2. The molecular formula is C63H73N7O7. The molecule has 5 aromatic carbocycles. The Hall–Kier alpha value is -7.59. The van der Waals surface area contributed by atoms with E-state index in [1.165, 1.54) is 0 Å². The Morgan fingerprint density at radius 2 is 1.08 bits per heavy atom. The molecule has 2 aromatic heterocycles. The number of nitrogens with one attached hydrogen (secondary N) is 3. The van der Waals surface area contributed by atoms with Crippen molar-refractivity contribution >= 4 is 29.1 Å². The number of nitrogen functional groups attached to an aromatic ring is 1. The molecule has 2 heterocycles. The number of nitrogens with zero attached hydrogens (tertiary/aromatic N) is 2. The van der Waals surface area contributed by atoms with Gasteiger partial charge in [0.05, 0.1) is 47.3 Å². The van der Waals surface area contributed by atoms with Gasteiger partial charge < -0.3 is 45.9 Å². The van der Waals surface area contributed by atoms with Crippen LogP contribution in [0.15, 0.2) is 176 Å². The van der Waals surface area contributed by atoms with Crippen LogP contribution in [0, 0.1) is 17.7 Å². The van der Waals surface area contributed by atoms with E-state index in [4.69, 9.17) is 41.2 Å². The number of benzene rings is 5. The number of carbonyl (C=O) groups is 1. The maximum absolute atomic E-state index is 12.9. The Labute approximate surface area is 452 Å². The number of aryl methyl sites for hydroxylation is 1. The molecular weight excluding hydrogens is 967 g/mol. The van der Waals surface area contributed by atoms with Crippen molar-refractivity contribution in [3.8, 4) is 0 Å². The van der Waals surface area contributed by atoms with E-state index in [2.05, 4.69) is 51.7 Å². The van der Waals surface area contributed by atoms with Crippen molar-refractivity contribution in [1.82, 2.24) is 9.97 Å². The third-order valence-electron chi connectivity index (χ3n) is 14.4. The summed E-state index contributed by atoms with van der Waals surface area (Å²) < 4.78 is 21.0. The molecule has 9 N–H and O–H groups in total. The number of ketones is 1. The van der Waals surface area contributed by atoms with E-state index in [9.17, 15) is 15.0 Å². The second kappa shape index (κ2) is 27.5. The summed E-state index contributed by atoms with van der Waals surface area (Å²) in [7, 11) is 3.18. The summed E-state index contributed by atoms with van der Waals surface area (Å²) >= 11 is 0. The normalized spacial score (nSPS) is 14.8. The van der Waals surface area contributed by atoms with Crippen molar-refractivity contribution in [3.05, 3.63) is 226 Å². The lowest BCUT2D eigenvalue weighted by atomic mass is 9.67. The number of Topliss-reactive ketones (excluding diaryl/α,β-unsaturated/α-hetero) is 1. The predicted octanol–water partition coefficient (Wildman–Crippen LogP) is 10.2. The predicted molar refractivity (Wildman–Crippen MR) is 303 cm³/mol. The monoisotopic (exact) mass is 1040 g/mol. The van der Waals surface area contributed by atoms with E-state index < -0.39 is 16.7 Å². The van der Waals surface area contributed by atoms with E-state index in [1.807, 2.05) is 128 Å². The van der Waals surface area contributed by atoms with E-state index in [0.29, 0.717) is 54.6 Å². The number of methoxy groups -OCH3 is 2. The minimum absolute atomic E-state index is 0.00450. The zero-order valence-corrected chi connectivity index (χ0v) is 44.4. The lowest BCUT2D eigenvalue weighted by Crippen LogP contribution is -2.46. The summed E-state index contributed by atoms with van der Waals surface area (Å²) in [5, 5.41) is 41.3. The van der Waals surface area contributed by atoms with Crippen LogP contribution in [-0.2, 0) is 35.7 Å². The summed E-state index contributed by atoms with van der Waals surface area (Å²) in [5.41, 5.74) is 18.3. The molecule has 2 saturated carbocycles. The maximum atomic E-state index is 12.9. The summed E-state index contributed by atoms with van der Waals surface area (Å²) in [4.78, 5) is 21.4. The summed E-state index contributed by atoms with van der Waals surface area (Å²) in [5.74, 6) is 0.248. The minimum Gasteiger partial charge on any atom is -0.475 e. The van der Waals surface area contributed by atoms with Crippen molar-refractivity contribution in [2.75, 3.05) is 51.7 Å². The van der Waals surface area contributed by atoms with Crippen molar-refractivity contribution in [2.45, 2.75) is 87.0 Å². The van der Waals surface area contributed by atoms with Crippen molar-refractivity contribution in [2.24, 2.45) is 5.73 Å². The highest BCUT2D eigenvalue weighted by Gasteiger charge is 2.44. The second-order valence-electron chi connectivity index (χ2n) is 19.6. The fraction of sp³-hybridized carbons (Fsp3) is 0.317. The molecule has 0 unspecified atom stereocenters. The van der Waals surface area contributed by atoms with Crippen LogP contribution in [0.5, 0.6) is 0 Å². The molecule has 0 bridgehead atoms. The third-order valence-corrected chi connectivity index (χ3v) is 14.4. The van der Waals surface area contributed by atoms with Crippen LogP contribution in [0.2, 0.25) is 0 Å². The number of hydrogen-bond donors (Lipinski definition) is 7. The zero-order valence-electron chi connectivity index (χ0n) is 44.4. The standard InChI is InChI=1S/C28H28N4O2.C24H30N2O4.C11H15NO/c1-33-17-18-34-27(30)24-20-31-26(29)19-25(24)32-28(21-11-5-2-6-12-21,22-13-7-3-8-14-22)23-15-9-4-10-16-23;1-17-13-19(26-16-21(17)23(25)30-12-11-29-2)14-20(27)15-22(24(28)9-6-10-24)18-7-4-3-5-8-18;12-10(11(13)7-4-8-11)9-5-2-1-3-6-9/h2-16,19-20,30H,17-18H2,1H3,(H3,29,31,32);3-5,7-8,13,16,22,25,28H,6,9-12,14-15H2,1-2H3;1-3,5-6,10,13H,4,7-8,12H2/t;22-;10-/m.00/s1. The molecule has 77 heavy (non-hydrogen) atoms. The average Bonchev–Trinajstić information content (AvgIpc) is 3.48. The lowest BCUT2D eigenvalue weighted by molar-refractivity contribution is -0.122. The smallest absolute Gasteiger partial charge is 0.217 e. The molecule has 7 aromatic rings. The number of aromatic nitrogens is 2. The molecule has 0 spiro atoms. The number of carbonyl (C=O) groups excluding carboxylic acids is 1. The number of rotatable bonds is 21. The first-order valence-electron chi connectivity index (χ1n) is 26.2. The first-order valence-corrected chi connectivity index (χ1v) is 26.2. The Bertz CT molecular complexity index is 2860. The number of ether oxygens (including phenoxy) is 4. The Kier molecular flexibility index (Phi) is 20.4. The molecule has 0 aliphatic heterocycles. The molecule has 14 nitrogen and oxygen atoms in total. The first kappa shape index (κ1) is 57.1. The molecule has 2 aliphatic rings. The SMILES string of the molecule is COCCOC(=N)c1cnc(CC(=O)C[C@@H](c2ccccc2)C2(O)CCC2)cc1C.COCCOC(=N)c1cnc(N)cc1NC(c1ccccc1)(c1ccccc1)c1ccccc1.N[C@@H](c1ccccc1)C1(O)CCC1. The topological polar surface area (TPSA) is 232 Å². The molecule has 14 heteroatoms. The molecule has 402 valence electrons. The maximum Gasteiger partial charge on any atom is 0.217 e. The van der Waals surface area contributed by atoms with E-state index >= 15 is 0 Å². The van der Waals surface area contributed by atoms with Gasteiger partial charge in [-0.25, -0.2) is 4.98 Å². The molecule has 0 saturated heterocycles. The van der Waals surface area contributed by atoms with Crippen LogP contribution in [0.25, 0.3) is 0 Å². The highest BCUT2D eigenvalue weighted by Crippen LogP contribution is 2.46. The molecule has 2 fully saturated rings. The van der Waals surface area contributed by atoms with Gasteiger partial charge in [-0.15, -0.1) is 0 Å². The van der Waals surface area contributed by atoms with Crippen LogP contribution in [-0.4, -0.2) is 89.6 Å². The Morgan fingerprint density at radius 1 is 0.636 bits per heavy atom. The summed E-state index contributed by atoms with van der Waals surface area (Å²) in [6.07, 6.45) is 8.88. The largest absolute Gasteiger partial charge is 0.475 e. The van der Waals surface area contributed by atoms with Crippen molar-refractivity contribution in [3.63, 3.8) is 0 Å². The van der Waals surface area contributed by atoms with Crippen molar-refractivity contribution < 1.29 is 34.0 Å².